The molecule has 1 N–H and O–H groups in total. The number of rotatable bonds is 5. The fourth-order valence-electron chi connectivity index (χ4n) is 3.73. The standard InChI is InChI=1S/C25H22F3N3O2S/c26-25(27,28)20-8-4-7-19(15-20)21-16-34-24(29-21)30-23(33)18-11-13-31(14-12-18)22(32)10-9-17-5-2-1-3-6-17/h1-10,15-16,18H,11-14H2,(H,29,30,33)/b10-9+. The van der Waals surface area contributed by atoms with E-state index in [1.807, 2.05) is 30.3 Å². The van der Waals surface area contributed by atoms with Gasteiger partial charge in [-0.1, -0.05) is 42.5 Å². The van der Waals surface area contributed by atoms with E-state index in [9.17, 15) is 22.8 Å². The molecule has 1 aliphatic rings. The van der Waals surface area contributed by atoms with Gasteiger partial charge in [0.1, 0.15) is 0 Å². The van der Waals surface area contributed by atoms with Crippen molar-refractivity contribution in [3.63, 3.8) is 0 Å². The number of hydrogen-bond acceptors (Lipinski definition) is 4. The number of amides is 2. The average Bonchev–Trinajstić information content (AvgIpc) is 3.31. The normalized spacial score (nSPS) is 15.0. The van der Waals surface area contributed by atoms with Gasteiger partial charge >= 0.3 is 6.18 Å². The Labute approximate surface area is 198 Å². The Balaban J connectivity index is 1.31. The summed E-state index contributed by atoms with van der Waals surface area (Å²) >= 11 is 1.16. The molecule has 4 rings (SSSR count). The number of alkyl halides is 3. The minimum atomic E-state index is -4.43. The van der Waals surface area contributed by atoms with Gasteiger partial charge in [-0.25, -0.2) is 4.98 Å². The highest BCUT2D eigenvalue weighted by molar-refractivity contribution is 7.14. The van der Waals surface area contributed by atoms with Crippen LogP contribution in [-0.4, -0.2) is 34.8 Å². The van der Waals surface area contributed by atoms with E-state index >= 15 is 0 Å². The molecule has 1 aromatic heterocycles. The predicted octanol–water partition coefficient (Wildman–Crippen LogP) is 5.72. The molecule has 3 aromatic rings. The molecule has 0 radical (unpaired) electrons. The maximum Gasteiger partial charge on any atom is 0.416 e. The lowest BCUT2D eigenvalue weighted by Crippen LogP contribution is -2.40. The Morgan fingerprint density at radius 3 is 2.50 bits per heavy atom. The number of nitrogens with one attached hydrogen (secondary N) is 1. The Bertz CT molecular complexity index is 1180. The molecule has 9 heteroatoms. The summed E-state index contributed by atoms with van der Waals surface area (Å²) in [6.45, 7) is 0.951. The first-order valence-corrected chi connectivity index (χ1v) is 11.6. The number of nitrogens with zero attached hydrogens (tertiary/aromatic N) is 2. The van der Waals surface area contributed by atoms with Crippen LogP contribution < -0.4 is 5.32 Å². The number of benzene rings is 2. The number of halogens is 3. The monoisotopic (exact) mass is 485 g/mol. The quantitative estimate of drug-likeness (QED) is 0.470. The predicted molar refractivity (Wildman–Crippen MR) is 126 cm³/mol. The van der Waals surface area contributed by atoms with Crippen molar-refractivity contribution in [2.24, 2.45) is 5.92 Å². The summed E-state index contributed by atoms with van der Waals surface area (Å²) in [4.78, 5) is 31.1. The lowest BCUT2D eigenvalue weighted by Gasteiger charge is -2.30. The SMILES string of the molecule is O=C(Nc1nc(-c2cccc(C(F)(F)F)c2)cs1)C1CCN(C(=O)/C=C/c2ccccc2)CC1. The third kappa shape index (κ3) is 5.91. The molecule has 0 unspecified atom stereocenters. The van der Waals surface area contributed by atoms with E-state index in [1.54, 1.807) is 28.5 Å². The highest BCUT2D eigenvalue weighted by Crippen LogP contribution is 2.33. The van der Waals surface area contributed by atoms with Crippen LogP contribution >= 0.6 is 11.3 Å². The number of thiazole rings is 1. The van der Waals surface area contributed by atoms with Crippen molar-refractivity contribution in [1.82, 2.24) is 9.88 Å². The zero-order valence-corrected chi connectivity index (χ0v) is 18.9. The van der Waals surface area contributed by atoms with E-state index in [0.717, 1.165) is 29.0 Å². The molecule has 0 spiro atoms. The Morgan fingerprint density at radius 1 is 1.06 bits per heavy atom. The minimum absolute atomic E-state index is 0.0895. The van der Waals surface area contributed by atoms with Crippen molar-refractivity contribution >= 4 is 34.4 Å². The van der Waals surface area contributed by atoms with Gasteiger partial charge in [0.15, 0.2) is 5.13 Å². The molecule has 2 aromatic carbocycles. The molecular weight excluding hydrogens is 463 g/mol. The van der Waals surface area contributed by atoms with Crippen molar-refractivity contribution in [2.75, 3.05) is 18.4 Å². The lowest BCUT2D eigenvalue weighted by atomic mass is 9.96. The molecule has 34 heavy (non-hydrogen) atoms. The molecule has 2 amide bonds. The first kappa shape index (κ1) is 23.7. The second-order valence-corrected chi connectivity index (χ2v) is 8.81. The smallest absolute Gasteiger partial charge is 0.339 e. The summed E-state index contributed by atoms with van der Waals surface area (Å²) < 4.78 is 38.9. The van der Waals surface area contributed by atoms with E-state index in [4.69, 9.17) is 0 Å². The van der Waals surface area contributed by atoms with Crippen molar-refractivity contribution in [3.8, 4) is 11.3 Å². The molecule has 0 saturated carbocycles. The molecule has 2 heterocycles. The van der Waals surface area contributed by atoms with Crippen LogP contribution in [0, 0.1) is 5.92 Å². The van der Waals surface area contributed by atoms with Gasteiger partial charge in [-0.15, -0.1) is 11.3 Å². The Morgan fingerprint density at radius 2 is 1.79 bits per heavy atom. The number of piperidine rings is 1. The van der Waals surface area contributed by atoms with Crippen LogP contribution in [0.15, 0.2) is 66.1 Å². The van der Waals surface area contributed by atoms with E-state index in [1.165, 1.54) is 6.07 Å². The zero-order chi connectivity index (χ0) is 24.1. The highest BCUT2D eigenvalue weighted by Gasteiger charge is 2.31. The molecule has 0 atom stereocenters. The number of aromatic nitrogens is 1. The van der Waals surface area contributed by atoms with Gasteiger partial charge in [-0.2, -0.15) is 13.2 Å². The maximum absolute atomic E-state index is 13.0. The van der Waals surface area contributed by atoms with Crippen LogP contribution in [0.3, 0.4) is 0 Å². The van der Waals surface area contributed by atoms with Crippen LogP contribution in [0.5, 0.6) is 0 Å². The summed E-state index contributed by atoms with van der Waals surface area (Å²) in [6.07, 6.45) is -0.0614. The molecule has 1 aliphatic heterocycles. The van der Waals surface area contributed by atoms with E-state index in [2.05, 4.69) is 10.3 Å². The first-order chi connectivity index (χ1) is 16.3. The van der Waals surface area contributed by atoms with Crippen LogP contribution in [-0.2, 0) is 15.8 Å². The van der Waals surface area contributed by atoms with Gasteiger partial charge in [-0.3, -0.25) is 9.59 Å². The molecule has 1 saturated heterocycles. The van der Waals surface area contributed by atoms with Crippen LogP contribution in [0.4, 0.5) is 18.3 Å². The summed E-state index contributed by atoms with van der Waals surface area (Å²) in [5.74, 6) is -0.548. The largest absolute Gasteiger partial charge is 0.416 e. The first-order valence-electron chi connectivity index (χ1n) is 10.8. The lowest BCUT2D eigenvalue weighted by molar-refractivity contribution is -0.137. The maximum atomic E-state index is 13.0. The van der Waals surface area contributed by atoms with E-state index in [0.29, 0.717) is 42.3 Å². The van der Waals surface area contributed by atoms with Crippen LogP contribution in [0.1, 0.15) is 24.0 Å². The number of hydrogen-bond donors (Lipinski definition) is 1. The number of carbonyl (C=O) groups excluding carboxylic acids is 2. The topological polar surface area (TPSA) is 62.3 Å². The van der Waals surface area contributed by atoms with Crippen molar-refractivity contribution in [3.05, 3.63) is 77.2 Å². The number of carbonyl (C=O) groups is 2. The van der Waals surface area contributed by atoms with Gasteiger partial charge in [0.2, 0.25) is 11.8 Å². The fraction of sp³-hybridized carbons (Fsp3) is 0.240. The number of likely N-dealkylation sites (tertiary alicyclic amines) is 1. The third-order valence-electron chi connectivity index (χ3n) is 5.62. The Hall–Kier alpha value is -3.46. The Kier molecular flexibility index (Phi) is 7.12. The number of anilines is 1. The molecule has 5 nitrogen and oxygen atoms in total. The molecule has 176 valence electrons. The second kappa shape index (κ2) is 10.2. The summed E-state index contributed by atoms with van der Waals surface area (Å²) in [7, 11) is 0. The highest BCUT2D eigenvalue weighted by atomic mass is 32.1. The average molecular weight is 486 g/mol. The molecule has 0 aliphatic carbocycles. The van der Waals surface area contributed by atoms with Crippen LogP contribution in [0.25, 0.3) is 17.3 Å². The van der Waals surface area contributed by atoms with Gasteiger partial charge in [0.25, 0.3) is 0 Å². The van der Waals surface area contributed by atoms with Crippen molar-refractivity contribution in [2.45, 2.75) is 19.0 Å². The summed E-state index contributed by atoms with van der Waals surface area (Å²) in [5, 5.41) is 4.72. The van der Waals surface area contributed by atoms with E-state index in [-0.39, 0.29) is 17.7 Å². The fourth-order valence-corrected chi connectivity index (χ4v) is 4.45. The van der Waals surface area contributed by atoms with Gasteiger partial charge < -0.3 is 10.2 Å². The van der Waals surface area contributed by atoms with Crippen molar-refractivity contribution < 1.29 is 22.8 Å². The van der Waals surface area contributed by atoms with Crippen molar-refractivity contribution in [1.29, 1.82) is 0 Å². The summed E-state index contributed by atoms with van der Waals surface area (Å²) in [5.41, 5.74) is 0.903. The molecular formula is C25H22F3N3O2S. The molecule has 1 fully saturated rings. The van der Waals surface area contributed by atoms with Gasteiger partial charge in [0.05, 0.1) is 11.3 Å². The zero-order valence-electron chi connectivity index (χ0n) is 18.1. The second-order valence-electron chi connectivity index (χ2n) is 7.95. The van der Waals surface area contributed by atoms with Gasteiger partial charge in [-0.05, 0) is 36.6 Å². The van der Waals surface area contributed by atoms with Gasteiger partial charge in [0, 0.05) is 36.0 Å². The third-order valence-corrected chi connectivity index (χ3v) is 6.37. The summed E-state index contributed by atoms with van der Waals surface area (Å²) in [6, 6.07) is 14.5. The molecule has 0 bridgehead atoms. The van der Waals surface area contributed by atoms with Crippen LogP contribution in [0.2, 0.25) is 0 Å². The van der Waals surface area contributed by atoms with E-state index < -0.39 is 11.7 Å². The minimum Gasteiger partial charge on any atom is -0.339 e.